The van der Waals surface area contributed by atoms with Crippen LogP contribution >= 0.6 is 0 Å². The molecule has 0 bridgehead atoms. The minimum absolute atomic E-state index is 0.231. The van der Waals surface area contributed by atoms with E-state index in [0.717, 1.165) is 0 Å². The van der Waals surface area contributed by atoms with Gasteiger partial charge in [0.2, 0.25) is 0 Å². The molecule has 23 heavy (non-hydrogen) atoms. The summed E-state index contributed by atoms with van der Waals surface area (Å²) in [7, 11) is 0. The summed E-state index contributed by atoms with van der Waals surface area (Å²) in [6.07, 6.45) is -1.53. The summed E-state index contributed by atoms with van der Waals surface area (Å²) in [5, 5.41) is 0. The van der Waals surface area contributed by atoms with Gasteiger partial charge in [-0.05, 0) is 34.6 Å². The average molecular weight is 330 g/mol. The first kappa shape index (κ1) is 17.1. The molecule has 7 heteroatoms. The molecule has 0 radical (unpaired) electrons. The van der Waals surface area contributed by atoms with Crippen LogP contribution in [0.2, 0.25) is 0 Å². The van der Waals surface area contributed by atoms with Gasteiger partial charge in [0.1, 0.15) is 18.3 Å². The molecule has 0 aliphatic carbocycles. The second kappa shape index (κ2) is 5.97. The number of carbonyl (C=O) groups is 1. The van der Waals surface area contributed by atoms with Gasteiger partial charge in [-0.3, -0.25) is 0 Å². The first-order valence-electron chi connectivity index (χ1n) is 8.20. The third kappa shape index (κ3) is 3.53. The van der Waals surface area contributed by atoms with Crippen molar-refractivity contribution in [2.75, 3.05) is 13.2 Å². The Balaban J connectivity index is 1.78. The highest BCUT2D eigenvalue weighted by Crippen LogP contribution is 2.40. The molecule has 0 aromatic rings. The number of ether oxygens (including phenoxy) is 6. The topological polar surface area (TPSA) is 72.5 Å². The summed E-state index contributed by atoms with van der Waals surface area (Å²) < 4.78 is 34.6. The fourth-order valence-electron chi connectivity index (χ4n) is 3.42. The minimum atomic E-state index is -0.713. The van der Waals surface area contributed by atoms with Crippen LogP contribution in [0.4, 0.5) is 0 Å². The van der Waals surface area contributed by atoms with Crippen molar-refractivity contribution >= 4 is 5.97 Å². The van der Waals surface area contributed by atoms with Crippen LogP contribution in [0.15, 0.2) is 0 Å². The highest BCUT2D eigenvalue weighted by molar-refractivity contribution is 5.75. The Morgan fingerprint density at radius 3 is 2.35 bits per heavy atom. The summed E-state index contributed by atoms with van der Waals surface area (Å²) in [5.41, 5.74) is 0. The predicted molar refractivity (Wildman–Crippen MR) is 78.6 cm³/mol. The van der Waals surface area contributed by atoms with Crippen LogP contribution in [0, 0.1) is 0 Å². The van der Waals surface area contributed by atoms with Gasteiger partial charge in [-0.15, -0.1) is 0 Å². The van der Waals surface area contributed by atoms with E-state index in [4.69, 9.17) is 28.4 Å². The number of esters is 1. The molecule has 0 aromatic heterocycles. The van der Waals surface area contributed by atoms with E-state index in [0.29, 0.717) is 19.6 Å². The lowest BCUT2D eigenvalue weighted by molar-refractivity contribution is -0.211. The second-order valence-electron chi connectivity index (χ2n) is 7.08. The standard InChI is InChI=1S/C16H26O7/c1-6-18-14(17)10-7-9-13(23-16(4,5)21-9)12(20-10)11-8-19-15(2,3)22-11/h9-13H,6-8H2,1-5H3/t9-,10+,11-,12-,13-/m1/s1. The first-order valence-corrected chi connectivity index (χ1v) is 8.20. The number of hydrogen-bond acceptors (Lipinski definition) is 7. The molecule has 3 rings (SSSR count). The maximum absolute atomic E-state index is 12.1. The van der Waals surface area contributed by atoms with Gasteiger partial charge >= 0.3 is 5.97 Å². The van der Waals surface area contributed by atoms with Gasteiger partial charge in [0.25, 0.3) is 0 Å². The van der Waals surface area contributed by atoms with Crippen molar-refractivity contribution in [2.24, 2.45) is 0 Å². The van der Waals surface area contributed by atoms with Crippen LogP contribution < -0.4 is 0 Å². The Kier molecular flexibility index (Phi) is 4.44. The van der Waals surface area contributed by atoms with Crippen molar-refractivity contribution in [3.05, 3.63) is 0 Å². The molecule has 132 valence electrons. The first-order chi connectivity index (χ1) is 10.7. The van der Waals surface area contributed by atoms with Crippen molar-refractivity contribution in [1.29, 1.82) is 0 Å². The van der Waals surface area contributed by atoms with Crippen molar-refractivity contribution in [3.8, 4) is 0 Å². The Bertz CT molecular complexity index is 461. The maximum Gasteiger partial charge on any atom is 0.335 e. The molecule has 3 aliphatic heterocycles. The molecule has 5 atom stereocenters. The molecule has 3 saturated heterocycles. The average Bonchev–Trinajstić information content (AvgIpc) is 2.95. The molecular formula is C16H26O7. The zero-order chi connectivity index (χ0) is 16.8. The van der Waals surface area contributed by atoms with Crippen LogP contribution in [0.25, 0.3) is 0 Å². The molecule has 0 N–H and O–H groups in total. The van der Waals surface area contributed by atoms with Crippen molar-refractivity contribution in [1.82, 2.24) is 0 Å². The molecular weight excluding hydrogens is 304 g/mol. The summed E-state index contributed by atoms with van der Waals surface area (Å²) >= 11 is 0. The van der Waals surface area contributed by atoms with E-state index in [1.807, 2.05) is 27.7 Å². The zero-order valence-corrected chi connectivity index (χ0v) is 14.4. The Labute approximate surface area is 136 Å². The number of rotatable bonds is 3. The lowest BCUT2D eigenvalue weighted by atomic mass is 9.94. The van der Waals surface area contributed by atoms with Gasteiger partial charge in [-0.2, -0.15) is 0 Å². The lowest BCUT2D eigenvalue weighted by Gasteiger charge is -2.38. The third-order valence-electron chi connectivity index (χ3n) is 4.26. The van der Waals surface area contributed by atoms with Crippen molar-refractivity contribution < 1.29 is 33.2 Å². The molecule has 7 nitrogen and oxygen atoms in total. The molecule has 3 aliphatic rings. The van der Waals surface area contributed by atoms with E-state index >= 15 is 0 Å². The SMILES string of the molecule is CCOC(=O)[C@@H]1C[C@H]2OC(C)(C)O[C@H]2[C@@H]([C@H]2COC(C)(C)O2)O1. The Morgan fingerprint density at radius 1 is 1.04 bits per heavy atom. The minimum Gasteiger partial charge on any atom is -0.464 e. The van der Waals surface area contributed by atoms with E-state index in [9.17, 15) is 4.79 Å². The predicted octanol–water partition coefficient (Wildman–Crippen LogP) is 1.38. The molecule has 0 spiro atoms. The summed E-state index contributed by atoms with van der Waals surface area (Å²) in [6, 6.07) is 0. The van der Waals surface area contributed by atoms with Crippen LogP contribution in [0.5, 0.6) is 0 Å². The molecule has 3 heterocycles. The van der Waals surface area contributed by atoms with E-state index in [1.54, 1.807) is 6.92 Å². The number of fused-ring (bicyclic) bond motifs is 1. The lowest BCUT2D eigenvalue weighted by Crippen LogP contribution is -2.55. The molecule has 0 aromatic carbocycles. The van der Waals surface area contributed by atoms with Gasteiger partial charge in [0.05, 0.1) is 19.3 Å². The maximum atomic E-state index is 12.1. The highest BCUT2D eigenvalue weighted by Gasteiger charge is 2.55. The largest absolute Gasteiger partial charge is 0.464 e. The number of carbonyl (C=O) groups excluding carboxylic acids is 1. The molecule has 3 fully saturated rings. The third-order valence-corrected chi connectivity index (χ3v) is 4.26. The fourth-order valence-corrected chi connectivity index (χ4v) is 3.42. The van der Waals surface area contributed by atoms with Crippen LogP contribution in [-0.4, -0.2) is 61.3 Å². The summed E-state index contributed by atoms with van der Waals surface area (Å²) in [4.78, 5) is 12.1. The van der Waals surface area contributed by atoms with Crippen molar-refractivity contribution in [2.45, 2.75) is 83.1 Å². The van der Waals surface area contributed by atoms with E-state index in [1.165, 1.54) is 0 Å². The fraction of sp³-hybridized carbons (Fsp3) is 0.938. The van der Waals surface area contributed by atoms with Gasteiger partial charge in [-0.1, -0.05) is 0 Å². The number of hydrogen-bond donors (Lipinski definition) is 0. The Morgan fingerprint density at radius 2 is 1.74 bits per heavy atom. The van der Waals surface area contributed by atoms with Crippen LogP contribution in [-0.2, 0) is 33.2 Å². The summed E-state index contributed by atoms with van der Waals surface area (Å²) in [6.45, 7) is 9.90. The molecule has 0 unspecified atom stereocenters. The van der Waals surface area contributed by atoms with Crippen molar-refractivity contribution in [3.63, 3.8) is 0 Å². The van der Waals surface area contributed by atoms with E-state index in [2.05, 4.69) is 0 Å². The molecule has 0 amide bonds. The zero-order valence-electron chi connectivity index (χ0n) is 14.4. The van der Waals surface area contributed by atoms with Gasteiger partial charge in [-0.25, -0.2) is 4.79 Å². The molecule has 0 saturated carbocycles. The smallest absolute Gasteiger partial charge is 0.335 e. The van der Waals surface area contributed by atoms with E-state index in [-0.39, 0.29) is 24.3 Å². The second-order valence-corrected chi connectivity index (χ2v) is 7.08. The van der Waals surface area contributed by atoms with Gasteiger partial charge in [0.15, 0.2) is 17.7 Å². The van der Waals surface area contributed by atoms with Crippen LogP contribution in [0.1, 0.15) is 41.0 Å². The van der Waals surface area contributed by atoms with Crippen LogP contribution in [0.3, 0.4) is 0 Å². The van der Waals surface area contributed by atoms with E-state index < -0.39 is 23.8 Å². The quantitative estimate of drug-likeness (QED) is 0.724. The summed E-state index contributed by atoms with van der Waals surface area (Å²) in [5.74, 6) is -1.76. The van der Waals surface area contributed by atoms with Gasteiger partial charge in [0, 0.05) is 6.42 Å². The monoisotopic (exact) mass is 330 g/mol. The Hall–Kier alpha value is -0.730. The normalized spacial score (nSPS) is 41.5. The van der Waals surface area contributed by atoms with Gasteiger partial charge < -0.3 is 28.4 Å². The highest BCUT2D eigenvalue weighted by atomic mass is 16.8.